The normalized spacial score (nSPS) is 8.00. The molecular weight excluding hydrogens is 298 g/mol. The van der Waals surface area contributed by atoms with Crippen LogP contribution < -0.4 is 10.2 Å². The number of unbranched alkanes of at least 4 members (excludes halogenated alkanes) is 3. The summed E-state index contributed by atoms with van der Waals surface area (Å²) < 4.78 is 0. The van der Waals surface area contributed by atoms with Crippen LogP contribution in [-0.4, -0.2) is 11.9 Å². The average Bonchev–Trinajstić information content (AvgIpc) is 2.27. The van der Waals surface area contributed by atoms with Gasteiger partial charge in [0.15, 0.2) is 0 Å². The van der Waals surface area contributed by atoms with Crippen LogP contribution in [0.15, 0.2) is 0 Å². The average molecular weight is 326 g/mol. The first kappa shape index (κ1) is 27.0. The van der Waals surface area contributed by atoms with Gasteiger partial charge in [0.05, 0.1) is 0 Å². The molecule has 0 atom stereocenters. The summed E-state index contributed by atoms with van der Waals surface area (Å²) in [6, 6.07) is 0. The van der Waals surface area contributed by atoms with Crippen LogP contribution in [0, 0.1) is 0 Å². The van der Waals surface area contributed by atoms with Gasteiger partial charge >= 0.3 is 19.5 Å². The van der Waals surface area contributed by atoms with Crippen molar-refractivity contribution in [3.05, 3.63) is 0 Å². The number of carbonyl (C=O) groups excluding carboxylic acids is 2. The van der Waals surface area contributed by atoms with Crippen LogP contribution in [-0.2, 0) is 29.1 Å². The zero-order valence-electron chi connectivity index (χ0n) is 13.0. The van der Waals surface area contributed by atoms with Gasteiger partial charge < -0.3 is 19.8 Å². The van der Waals surface area contributed by atoms with Gasteiger partial charge in [-0.05, 0) is 12.8 Å². The maximum absolute atomic E-state index is 9.49. The fraction of sp³-hybridized carbons (Fsp3) is 0.857. The molecule has 0 rings (SSSR count). The van der Waals surface area contributed by atoms with E-state index in [9.17, 15) is 19.8 Å². The summed E-state index contributed by atoms with van der Waals surface area (Å²) >= 11 is 0. The van der Waals surface area contributed by atoms with E-state index in [1.807, 2.05) is 0 Å². The Kier molecular flexibility index (Phi) is 37.2. The zero-order chi connectivity index (χ0) is 14.8. The molecule has 5 heteroatoms. The second-order valence-electron chi connectivity index (χ2n) is 3.95. The fourth-order valence-electron chi connectivity index (χ4n) is 0.908. The second-order valence-corrected chi connectivity index (χ2v) is 3.95. The monoisotopic (exact) mass is 324 g/mol. The Morgan fingerprint density at radius 3 is 1.00 bits per heavy atom. The van der Waals surface area contributed by atoms with E-state index >= 15 is 0 Å². The molecule has 0 aromatic heterocycles. The number of aliphatic carboxylic acids is 2. The number of rotatable bonds is 7. The van der Waals surface area contributed by atoms with Gasteiger partial charge in [0.25, 0.3) is 0 Å². The van der Waals surface area contributed by atoms with Gasteiger partial charge in [-0.3, -0.25) is 0 Å². The van der Waals surface area contributed by atoms with Gasteiger partial charge in [0, 0.05) is 11.9 Å². The van der Waals surface area contributed by atoms with Crippen LogP contribution in [0.25, 0.3) is 0 Å². The quantitative estimate of drug-likeness (QED) is 0.526. The van der Waals surface area contributed by atoms with Crippen LogP contribution in [0.3, 0.4) is 0 Å². The Labute approximate surface area is 130 Å². The number of hydrogen-bond donors (Lipinski definition) is 0. The molecule has 0 amide bonds. The van der Waals surface area contributed by atoms with Crippen molar-refractivity contribution < 1.29 is 39.3 Å². The first-order chi connectivity index (χ1) is 8.45. The molecule has 0 aliphatic rings. The molecule has 0 spiro atoms. The first-order valence-electron chi connectivity index (χ1n) is 6.85. The number of carboxylic acids is 2. The van der Waals surface area contributed by atoms with Crippen LogP contribution in [0.4, 0.5) is 0 Å². The van der Waals surface area contributed by atoms with Crippen molar-refractivity contribution in [2.24, 2.45) is 0 Å². The molecular formula is C14H28O4Zn. The Morgan fingerprint density at radius 2 is 0.947 bits per heavy atom. The van der Waals surface area contributed by atoms with Crippen molar-refractivity contribution >= 4 is 11.9 Å². The Hall–Kier alpha value is -0.437. The number of hydrogen-bond acceptors (Lipinski definition) is 4. The van der Waals surface area contributed by atoms with Crippen LogP contribution in [0.1, 0.15) is 79.1 Å². The molecule has 0 N–H and O–H groups in total. The minimum atomic E-state index is -0.961. The van der Waals surface area contributed by atoms with E-state index in [0.717, 1.165) is 0 Å². The van der Waals surface area contributed by atoms with Gasteiger partial charge in [-0.1, -0.05) is 66.2 Å². The molecule has 0 aliphatic heterocycles. The maximum atomic E-state index is 9.49. The predicted octanol–water partition coefficient (Wildman–Crippen LogP) is 1.66. The van der Waals surface area contributed by atoms with E-state index in [-0.39, 0.29) is 32.3 Å². The minimum Gasteiger partial charge on any atom is -0.550 e. The van der Waals surface area contributed by atoms with E-state index in [0.29, 0.717) is 12.8 Å². The second kappa shape index (κ2) is 26.2. The van der Waals surface area contributed by atoms with Gasteiger partial charge in [-0.15, -0.1) is 0 Å². The van der Waals surface area contributed by atoms with Gasteiger partial charge in [0.1, 0.15) is 0 Å². The topological polar surface area (TPSA) is 80.3 Å². The minimum absolute atomic E-state index is 0. The molecule has 0 saturated heterocycles. The molecule has 0 unspecified atom stereocenters. The molecule has 0 aliphatic carbocycles. The van der Waals surface area contributed by atoms with Crippen molar-refractivity contribution in [1.82, 2.24) is 0 Å². The number of carboxylic acid groups (broad SMARTS) is 2. The van der Waals surface area contributed by atoms with Crippen LogP contribution in [0.2, 0.25) is 0 Å². The maximum Gasteiger partial charge on any atom is 2.00 e. The largest absolute Gasteiger partial charge is 2.00 e. The van der Waals surface area contributed by atoms with Crippen LogP contribution in [0.5, 0.6) is 0 Å². The fourth-order valence-corrected chi connectivity index (χ4v) is 0.908. The molecule has 110 valence electrons. The van der Waals surface area contributed by atoms with Gasteiger partial charge in [-0.2, -0.15) is 0 Å². The SMILES string of the molecule is CCCC(=O)[O-].CCCC(=O)[O-].CCCCCC.[Zn+2]. The van der Waals surface area contributed by atoms with Crippen molar-refractivity contribution in [3.8, 4) is 0 Å². The summed E-state index contributed by atoms with van der Waals surface area (Å²) in [5, 5.41) is 19.0. The molecule has 0 heterocycles. The Balaban J connectivity index is -0.0000000865. The molecule has 0 bridgehead atoms. The Morgan fingerprint density at radius 1 is 0.684 bits per heavy atom. The van der Waals surface area contributed by atoms with Gasteiger partial charge in [-0.25, -0.2) is 0 Å². The van der Waals surface area contributed by atoms with Gasteiger partial charge in [0.2, 0.25) is 0 Å². The van der Waals surface area contributed by atoms with Crippen LogP contribution >= 0.6 is 0 Å². The molecule has 19 heavy (non-hydrogen) atoms. The first-order valence-corrected chi connectivity index (χ1v) is 6.85. The zero-order valence-corrected chi connectivity index (χ0v) is 16.0. The molecule has 0 radical (unpaired) electrons. The number of carbonyl (C=O) groups is 2. The van der Waals surface area contributed by atoms with E-state index < -0.39 is 11.9 Å². The van der Waals surface area contributed by atoms with Crippen molar-refractivity contribution in [2.45, 2.75) is 79.1 Å². The predicted molar refractivity (Wildman–Crippen MR) is 69.6 cm³/mol. The third-order valence-corrected chi connectivity index (χ3v) is 1.87. The summed E-state index contributed by atoms with van der Waals surface area (Å²) in [6.45, 7) is 8.07. The summed E-state index contributed by atoms with van der Waals surface area (Å²) in [5.74, 6) is -1.92. The summed E-state index contributed by atoms with van der Waals surface area (Å²) in [5.41, 5.74) is 0. The van der Waals surface area contributed by atoms with E-state index in [1.54, 1.807) is 13.8 Å². The third kappa shape index (κ3) is 58.0. The van der Waals surface area contributed by atoms with Crippen molar-refractivity contribution in [3.63, 3.8) is 0 Å². The van der Waals surface area contributed by atoms with Crippen molar-refractivity contribution in [2.75, 3.05) is 0 Å². The third-order valence-electron chi connectivity index (χ3n) is 1.87. The molecule has 0 aromatic carbocycles. The smallest absolute Gasteiger partial charge is 0.550 e. The van der Waals surface area contributed by atoms with Crippen molar-refractivity contribution in [1.29, 1.82) is 0 Å². The summed E-state index contributed by atoms with van der Waals surface area (Å²) in [6.07, 6.45) is 7.24. The Bertz CT molecular complexity index is 164. The standard InChI is InChI=1S/C6H14.2C4H8O2.Zn/c1-3-5-6-4-2;2*1-2-3-4(5)6;/h3-6H2,1-2H3;2*2-3H2,1H3,(H,5,6);/q;;;+2/p-2. The molecule has 0 aromatic rings. The molecule has 0 saturated carbocycles. The summed E-state index contributed by atoms with van der Waals surface area (Å²) in [4.78, 5) is 19.0. The molecule has 4 nitrogen and oxygen atoms in total. The summed E-state index contributed by atoms with van der Waals surface area (Å²) in [7, 11) is 0. The van der Waals surface area contributed by atoms with E-state index in [4.69, 9.17) is 0 Å². The van der Waals surface area contributed by atoms with E-state index in [2.05, 4.69) is 13.8 Å². The molecule has 0 fully saturated rings. The van der Waals surface area contributed by atoms with E-state index in [1.165, 1.54) is 25.7 Å².